The van der Waals surface area contributed by atoms with Crippen LogP contribution in [0.2, 0.25) is 0 Å². The summed E-state index contributed by atoms with van der Waals surface area (Å²) in [6, 6.07) is 22.0. The highest BCUT2D eigenvalue weighted by Crippen LogP contribution is 2.36. The first-order valence-corrected chi connectivity index (χ1v) is 13.0. The van der Waals surface area contributed by atoms with E-state index in [0.29, 0.717) is 6.04 Å². The number of rotatable bonds is 5. The Balaban J connectivity index is 1.46. The number of aromatic amines is 1. The maximum absolute atomic E-state index is 12.6. The number of aromatic nitrogens is 1. The fraction of sp³-hybridized carbons (Fsp3) is 0.367. The molecule has 0 aliphatic carbocycles. The van der Waals surface area contributed by atoms with E-state index in [1.807, 2.05) is 18.2 Å². The SMILES string of the molecule is CCNC1CCN(C(c2ccc3c(c2)CCCO3)c2ccc3[nH]c(=O)c4ccccc4c3c2)CC1. The van der Waals surface area contributed by atoms with Crippen molar-refractivity contribution in [3.05, 3.63) is 87.7 Å². The molecule has 1 unspecified atom stereocenters. The molecule has 0 radical (unpaired) electrons. The van der Waals surface area contributed by atoms with Gasteiger partial charge in [-0.25, -0.2) is 0 Å². The maximum atomic E-state index is 12.6. The van der Waals surface area contributed by atoms with E-state index in [9.17, 15) is 4.79 Å². The van der Waals surface area contributed by atoms with Gasteiger partial charge in [0.05, 0.1) is 12.6 Å². The normalized spacial score (nSPS) is 17.9. The largest absolute Gasteiger partial charge is 0.493 e. The van der Waals surface area contributed by atoms with Crippen molar-refractivity contribution < 1.29 is 4.74 Å². The minimum atomic E-state index is -0.0300. The molecule has 0 bridgehead atoms. The van der Waals surface area contributed by atoms with Crippen molar-refractivity contribution in [1.82, 2.24) is 15.2 Å². The summed E-state index contributed by atoms with van der Waals surface area (Å²) >= 11 is 0. The third-order valence-electron chi connectivity index (χ3n) is 7.71. The van der Waals surface area contributed by atoms with Crippen molar-refractivity contribution in [3.8, 4) is 5.75 Å². The van der Waals surface area contributed by atoms with Crippen molar-refractivity contribution in [2.45, 2.75) is 44.7 Å². The number of piperidine rings is 1. The Kier molecular flexibility index (Phi) is 6.05. The number of ether oxygens (including phenoxy) is 1. The van der Waals surface area contributed by atoms with Gasteiger partial charge in [0.25, 0.3) is 5.56 Å². The predicted molar refractivity (Wildman–Crippen MR) is 142 cm³/mol. The number of fused-ring (bicyclic) bond motifs is 4. The zero-order valence-corrected chi connectivity index (χ0v) is 20.3. The smallest absolute Gasteiger partial charge is 0.256 e. The van der Waals surface area contributed by atoms with Gasteiger partial charge in [-0.15, -0.1) is 0 Å². The van der Waals surface area contributed by atoms with Crippen LogP contribution in [0, 0.1) is 0 Å². The van der Waals surface area contributed by atoms with E-state index in [1.54, 1.807) is 0 Å². The average Bonchev–Trinajstić information content (AvgIpc) is 2.90. The van der Waals surface area contributed by atoms with Crippen LogP contribution >= 0.6 is 0 Å². The zero-order valence-electron chi connectivity index (χ0n) is 20.3. The molecule has 4 aromatic rings. The Hall–Kier alpha value is -3.15. The predicted octanol–water partition coefficient (Wildman–Crippen LogP) is 5.17. The number of H-pyrrole nitrogens is 1. The number of nitrogens with one attached hydrogen (secondary N) is 2. The van der Waals surface area contributed by atoms with Crippen molar-refractivity contribution >= 4 is 21.7 Å². The Morgan fingerprint density at radius 3 is 2.60 bits per heavy atom. The summed E-state index contributed by atoms with van der Waals surface area (Å²) in [5.74, 6) is 1.03. The van der Waals surface area contributed by atoms with Crippen LogP contribution in [0.15, 0.2) is 65.5 Å². The molecule has 3 heterocycles. The number of benzene rings is 3. The maximum Gasteiger partial charge on any atom is 0.256 e. The van der Waals surface area contributed by atoms with Crippen molar-refractivity contribution in [3.63, 3.8) is 0 Å². The molecule has 2 aliphatic heterocycles. The number of hydrogen-bond acceptors (Lipinski definition) is 4. The molecule has 5 nitrogen and oxygen atoms in total. The Bertz CT molecular complexity index is 1420. The van der Waals surface area contributed by atoms with Crippen molar-refractivity contribution in [2.24, 2.45) is 0 Å². The lowest BCUT2D eigenvalue weighted by Crippen LogP contribution is -2.44. The van der Waals surface area contributed by atoms with Crippen LogP contribution in [0.5, 0.6) is 5.75 Å². The molecule has 0 saturated carbocycles. The van der Waals surface area contributed by atoms with Crippen LogP contribution < -0.4 is 15.6 Å². The van der Waals surface area contributed by atoms with Gasteiger partial charge < -0.3 is 15.0 Å². The highest BCUT2D eigenvalue weighted by Gasteiger charge is 2.28. The molecule has 1 aromatic heterocycles. The van der Waals surface area contributed by atoms with E-state index >= 15 is 0 Å². The lowest BCUT2D eigenvalue weighted by molar-refractivity contribution is 0.164. The molecule has 2 N–H and O–H groups in total. The number of hydrogen-bond donors (Lipinski definition) is 2. The van der Waals surface area contributed by atoms with Crippen molar-refractivity contribution in [1.29, 1.82) is 0 Å². The molecule has 0 amide bonds. The lowest BCUT2D eigenvalue weighted by Gasteiger charge is -2.38. The molecule has 180 valence electrons. The first-order chi connectivity index (χ1) is 17.2. The first kappa shape index (κ1) is 22.3. The highest BCUT2D eigenvalue weighted by molar-refractivity contribution is 6.05. The summed E-state index contributed by atoms with van der Waals surface area (Å²) in [5, 5.41) is 6.49. The Morgan fingerprint density at radius 1 is 1.00 bits per heavy atom. The minimum Gasteiger partial charge on any atom is -0.493 e. The van der Waals surface area contributed by atoms with Crippen molar-refractivity contribution in [2.75, 3.05) is 26.2 Å². The van der Waals surface area contributed by atoms with Gasteiger partial charge in [0, 0.05) is 35.4 Å². The molecule has 3 aromatic carbocycles. The monoisotopic (exact) mass is 467 g/mol. The first-order valence-electron chi connectivity index (χ1n) is 13.0. The number of pyridine rings is 1. The van der Waals surface area contributed by atoms with Gasteiger partial charge in [0.15, 0.2) is 0 Å². The molecule has 1 fully saturated rings. The molecule has 1 saturated heterocycles. The van der Waals surface area contributed by atoms with Crippen LogP contribution in [-0.4, -0.2) is 42.2 Å². The van der Waals surface area contributed by atoms with Gasteiger partial charge in [-0.3, -0.25) is 9.69 Å². The van der Waals surface area contributed by atoms with E-state index < -0.39 is 0 Å². The van der Waals surface area contributed by atoms with Gasteiger partial charge in [-0.2, -0.15) is 0 Å². The standard InChI is InChI=1S/C30H33N3O2/c1-2-31-23-13-15-33(16-14-23)29(21-10-12-28-20(18-21)6-5-17-35-28)22-9-11-27-26(19-22)24-7-3-4-8-25(24)30(34)32-27/h3-4,7-12,18-19,23,29,31H,2,5-6,13-17H2,1H3,(H,32,34). The lowest BCUT2D eigenvalue weighted by atomic mass is 9.90. The summed E-state index contributed by atoms with van der Waals surface area (Å²) in [4.78, 5) is 18.3. The van der Waals surface area contributed by atoms with E-state index in [4.69, 9.17) is 4.74 Å². The minimum absolute atomic E-state index is 0.0300. The van der Waals surface area contributed by atoms with Crippen LogP contribution in [0.3, 0.4) is 0 Å². The zero-order chi connectivity index (χ0) is 23.8. The van der Waals surface area contributed by atoms with Crippen LogP contribution in [-0.2, 0) is 6.42 Å². The second-order valence-corrected chi connectivity index (χ2v) is 9.89. The Morgan fingerprint density at radius 2 is 1.77 bits per heavy atom. The summed E-state index contributed by atoms with van der Waals surface area (Å²) in [5.41, 5.74) is 4.77. The molecule has 6 rings (SSSR count). The van der Waals surface area contributed by atoms with Gasteiger partial charge in [-0.1, -0.05) is 43.3 Å². The third-order valence-corrected chi connectivity index (χ3v) is 7.71. The second-order valence-electron chi connectivity index (χ2n) is 9.89. The fourth-order valence-corrected chi connectivity index (χ4v) is 5.98. The van der Waals surface area contributed by atoms with E-state index in [-0.39, 0.29) is 11.6 Å². The number of likely N-dealkylation sites (tertiary alicyclic amines) is 1. The summed E-state index contributed by atoms with van der Waals surface area (Å²) in [7, 11) is 0. The second kappa shape index (κ2) is 9.48. The van der Waals surface area contributed by atoms with E-state index in [1.165, 1.54) is 16.7 Å². The third kappa shape index (κ3) is 4.24. The van der Waals surface area contributed by atoms with E-state index in [0.717, 1.165) is 79.3 Å². The van der Waals surface area contributed by atoms with E-state index in [2.05, 4.69) is 64.6 Å². The molecule has 1 atom stereocenters. The molecule has 0 spiro atoms. The molecule has 5 heteroatoms. The number of nitrogens with zero attached hydrogens (tertiary/aromatic N) is 1. The molecular formula is C30H33N3O2. The van der Waals surface area contributed by atoms with Crippen LogP contribution in [0.1, 0.15) is 48.9 Å². The van der Waals surface area contributed by atoms with Gasteiger partial charge in [-0.05, 0) is 78.6 Å². The molecule has 2 aliphatic rings. The topological polar surface area (TPSA) is 57.4 Å². The summed E-state index contributed by atoms with van der Waals surface area (Å²) < 4.78 is 5.91. The molecule has 35 heavy (non-hydrogen) atoms. The Labute approximate surface area is 206 Å². The highest BCUT2D eigenvalue weighted by atomic mass is 16.5. The fourth-order valence-electron chi connectivity index (χ4n) is 5.98. The van der Waals surface area contributed by atoms with Gasteiger partial charge >= 0.3 is 0 Å². The van der Waals surface area contributed by atoms with Crippen LogP contribution in [0.25, 0.3) is 21.7 Å². The average molecular weight is 468 g/mol. The summed E-state index contributed by atoms with van der Waals surface area (Å²) in [6.07, 6.45) is 4.46. The van der Waals surface area contributed by atoms with Gasteiger partial charge in [0.1, 0.15) is 5.75 Å². The summed E-state index contributed by atoms with van der Waals surface area (Å²) in [6.45, 7) is 6.13. The molecular weight excluding hydrogens is 434 g/mol. The quantitative estimate of drug-likeness (QED) is 0.398. The number of aryl methyl sites for hydroxylation is 1. The van der Waals surface area contributed by atoms with Gasteiger partial charge in [0.2, 0.25) is 0 Å². The van der Waals surface area contributed by atoms with Crippen LogP contribution in [0.4, 0.5) is 0 Å².